The van der Waals surface area contributed by atoms with Gasteiger partial charge in [-0.05, 0) is 48.9 Å². The second kappa shape index (κ2) is 5.06. The first-order chi connectivity index (χ1) is 9.63. The maximum absolute atomic E-state index is 11.0. The molecule has 0 saturated heterocycles. The summed E-state index contributed by atoms with van der Waals surface area (Å²) in [5.74, 6) is 0. The fraction of sp³-hybridized carbons (Fsp3) is 0.368. The van der Waals surface area contributed by atoms with Crippen LogP contribution < -0.4 is 0 Å². The molecule has 1 nitrogen and oxygen atoms in total. The molecule has 1 fully saturated rings. The highest BCUT2D eigenvalue weighted by Gasteiger charge is 2.45. The highest BCUT2D eigenvalue weighted by atomic mass is 16.3. The summed E-state index contributed by atoms with van der Waals surface area (Å²) in [6, 6.07) is 16.8. The van der Waals surface area contributed by atoms with Crippen LogP contribution in [0.25, 0.3) is 0 Å². The second-order valence-corrected chi connectivity index (χ2v) is 6.12. The molecule has 0 aliphatic heterocycles. The molecule has 104 valence electrons. The minimum Gasteiger partial charge on any atom is -0.387 e. The van der Waals surface area contributed by atoms with Crippen LogP contribution in [0.5, 0.6) is 0 Å². The van der Waals surface area contributed by atoms with E-state index in [-0.39, 0.29) is 5.41 Å². The van der Waals surface area contributed by atoms with E-state index in [0.717, 1.165) is 18.4 Å². The number of aliphatic hydroxyl groups excluding tert-OH is 1. The normalized spacial score (nSPS) is 18.4. The minimum absolute atomic E-state index is 0.0804. The second-order valence-electron chi connectivity index (χ2n) is 6.12. The Bertz CT molecular complexity index is 596. The quantitative estimate of drug-likeness (QED) is 0.869. The lowest BCUT2D eigenvalue weighted by Gasteiger charge is -2.46. The lowest BCUT2D eigenvalue weighted by Crippen LogP contribution is -2.40. The van der Waals surface area contributed by atoms with Gasteiger partial charge in [0.05, 0.1) is 6.10 Å². The van der Waals surface area contributed by atoms with Gasteiger partial charge in [0.2, 0.25) is 0 Å². The molecule has 20 heavy (non-hydrogen) atoms. The molecule has 0 amide bonds. The van der Waals surface area contributed by atoms with Crippen LogP contribution in [0.2, 0.25) is 0 Å². The van der Waals surface area contributed by atoms with Crippen molar-refractivity contribution in [1.29, 1.82) is 0 Å². The lowest BCUT2D eigenvalue weighted by molar-refractivity contribution is 0.0268. The smallest absolute Gasteiger partial charge is 0.0886 e. The molecule has 2 aromatic carbocycles. The summed E-state index contributed by atoms with van der Waals surface area (Å²) in [4.78, 5) is 0. The van der Waals surface area contributed by atoms with E-state index in [0.29, 0.717) is 0 Å². The van der Waals surface area contributed by atoms with Gasteiger partial charge < -0.3 is 5.11 Å². The van der Waals surface area contributed by atoms with Crippen LogP contribution in [0.4, 0.5) is 0 Å². The van der Waals surface area contributed by atoms with Gasteiger partial charge in [-0.2, -0.15) is 0 Å². The minimum atomic E-state index is -0.405. The Morgan fingerprint density at radius 2 is 1.65 bits per heavy atom. The lowest BCUT2D eigenvalue weighted by atomic mass is 9.60. The van der Waals surface area contributed by atoms with Crippen LogP contribution in [0.3, 0.4) is 0 Å². The summed E-state index contributed by atoms with van der Waals surface area (Å²) in [6.45, 7) is 4.23. The SMILES string of the molecule is Cc1ccc(C(O)C2(c3ccccc3)CCC2)cc1C. The fourth-order valence-corrected chi connectivity index (χ4v) is 3.30. The first-order valence-electron chi connectivity index (χ1n) is 7.44. The van der Waals surface area contributed by atoms with Crippen LogP contribution in [-0.4, -0.2) is 5.11 Å². The number of hydrogen-bond donors (Lipinski definition) is 1. The predicted molar refractivity (Wildman–Crippen MR) is 82.8 cm³/mol. The van der Waals surface area contributed by atoms with Crippen LogP contribution >= 0.6 is 0 Å². The van der Waals surface area contributed by atoms with E-state index in [1.54, 1.807) is 0 Å². The van der Waals surface area contributed by atoms with E-state index in [1.807, 2.05) is 6.07 Å². The van der Waals surface area contributed by atoms with Crippen molar-refractivity contribution in [3.63, 3.8) is 0 Å². The number of benzene rings is 2. The van der Waals surface area contributed by atoms with Gasteiger partial charge in [0, 0.05) is 5.41 Å². The van der Waals surface area contributed by atoms with E-state index in [9.17, 15) is 5.11 Å². The average Bonchev–Trinajstić information content (AvgIpc) is 2.42. The third kappa shape index (κ3) is 2.06. The van der Waals surface area contributed by atoms with Crippen molar-refractivity contribution in [1.82, 2.24) is 0 Å². The van der Waals surface area contributed by atoms with Gasteiger partial charge in [0.15, 0.2) is 0 Å². The largest absolute Gasteiger partial charge is 0.387 e. The number of hydrogen-bond acceptors (Lipinski definition) is 1. The Labute approximate surface area is 121 Å². The van der Waals surface area contributed by atoms with Gasteiger partial charge in [-0.3, -0.25) is 0 Å². The molecule has 0 aromatic heterocycles. The Morgan fingerprint density at radius 1 is 0.950 bits per heavy atom. The van der Waals surface area contributed by atoms with Crippen LogP contribution in [-0.2, 0) is 5.41 Å². The number of aryl methyl sites for hydroxylation is 2. The topological polar surface area (TPSA) is 20.2 Å². The maximum atomic E-state index is 11.0. The number of aliphatic hydroxyl groups is 1. The van der Waals surface area contributed by atoms with Crippen molar-refractivity contribution < 1.29 is 5.11 Å². The van der Waals surface area contributed by atoms with Crippen molar-refractivity contribution in [2.75, 3.05) is 0 Å². The molecular formula is C19H22O. The first kappa shape index (κ1) is 13.4. The summed E-state index contributed by atoms with van der Waals surface area (Å²) in [7, 11) is 0. The molecule has 3 rings (SSSR count). The zero-order chi connectivity index (χ0) is 14.2. The molecule has 0 heterocycles. The monoisotopic (exact) mass is 266 g/mol. The molecule has 0 radical (unpaired) electrons. The van der Waals surface area contributed by atoms with Crippen molar-refractivity contribution in [3.05, 3.63) is 70.8 Å². The molecular weight excluding hydrogens is 244 g/mol. The Hall–Kier alpha value is -1.60. The highest BCUT2D eigenvalue weighted by molar-refractivity contribution is 5.37. The summed E-state index contributed by atoms with van der Waals surface area (Å²) in [6.07, 6.45) is 2.95. The third-order valence-corrected chi connectivity index (χ3v) is 4.96. The molecule has 1 heteroatoms. The van der Waals surface area contributed by atoms with Gasteiger partial charge in [0.1, 0.15) is 0 Å². The Balaban J connectivity index is 1.99. The van der Waals surface area contributed by atoms with Crippen LogP contribution in [0.1, 0.15) is 47.6 Å². The summed E-state index contributed by atoms with van der Waals surface area (Å²) in [5.41, 5.74) is 4.78. The summed E-state index contributed by atoms with van der Waals surface area (Å²) >= 11 is 0. The van der Waals surface area contributed by atoms with Crippen molar-refractivity contribution in [2.45, 2.75) is 44.6 Å². The Morgan fingerprint density at radius 3 is 2.20 bits per heavy atom. The first-order valence-corrected chi connectivity index (χ1v) is 7.44. The van der Waals surface area contributed by atoms with Gasteiger partial charge in [0.25, 0.3) is 0 Å². The zero-order valence-corrected chi connectivity index (χ0v) is 12.3. The third-order valence-electron chi connectivity index (χ3n) is 4.96. The molecule has 1 saturated carbocycles. The van der Waals surface area contributed by atoms with Crippen LogP contribution in [0, 0.1) is 13.8 Å². The molecule has 0 spiro atoms. The number of rotatable bonds is 3. The molecule has 1 atom stereocenters. The van der Waals surface area contributed by atoms with Gasteiger partial charge in [-0.15, -0.1) is 0 Å². The maximum Gasteiger partial charge on any atom is 0.0886 e. The molecule has 1 unspecified atom stereocenters. The van der Waals surface area contributed by atoms with Gasteiger partial charge >= 0.3 is 0 Å². The summed E-state index contributed by atoms with van der Waals surface area (Å²) in [5, 5.41) is 11.0. The van der Waals surface area contributed by atoms with Crippen LogP contribution in [0.15, 0.2) is 48.5 Å². The van der Waals surface area contributed by atoms with E-state index in [4.69, 9.17) is 0 Å². The highest BCUT2D eigenvalue weighted by Crippen LogP contribution is 2.52. The van der Waals surface area contributed by atoms with E-state index >= 15 is 0 Å². The molecule has 0 bridgehead atoms. The molecule has 1 aliphatic carbocycles. The predicted octanol–water partition coefficient (Wildman–Crippen LogP) is 4.46. The summed E-state index contributed by atoms with van der Waals surface area (Å²) < 4.78 is 0. The van der Waals surface area contributed by atoms with Crippen molar-refractivity contribution in [3.8, 4) is 0 Å². The van der Waals surface area contributed by atoms with Crippen molar-refractivity contribution >= 4 is 0 Å². The van der Waals surface area contributed by atoms with E-state index < -0.39 is 6.10 Å². The van der Waals surface area contributed by atoms with E-state index in [1.165, 1.54) is 23.1 Å². The fourth-order valence-electron chi connectivity index (χ4n) is 3.30. The Kier molecular flexibility index (Phi) is 3.39. The van der Waals surface area contributed by atoms with Gasteiger partial charge in [-0.1, -0.05) is 55.0 Å². The molecule has 1 N–H and O–H groups in total. The van der Waals surface area contributed by atoms with E-state index in [2.05, 4.69) is 56.3 Å². The van der Waals surface area contributed by atoms with Crippen molar-refractivity contribution in [2.24, 2.45) is 0 Å². The average molecular weight is 266 g/mol. The molecule has 1 aliphatic rings. The molecule has 2 aromatic rings. The zero-order valence-electron chi connectivity index (χ0n) is 12.3. The standard InChI is InChI=1S/C19H22O/c1-14-9-10-16(13-15(14)2)18(20)19(11-6-12-19)17-7-4-3-5-8-17/h3-5,7-10,13,18,20H,6,11-12H2,1-2H3. The van der Waals surface area contributed by atoms with Gasteiger partial charge in [-0.25, -0.2) is 0 Å².